The number of aromatic nitrogens is 3. The number of aryl methyl sites for hydroxylation is 1. The standard InChI is InChI=1S/C26H33N5O3S/c1-6-18-10-8-9-11-21(18)27-22(32)16-35-26-30-29-24(31(26)7-2)23(17(3)4)28-25(33)19-12-14-20(34-5)15-13-19/h8-15,17,23H,6-7,16H2,1-5H3,(H,27,32)(H,28,33). The van der Waals surface area contributed by atoms with Crippen molar-refractivity contribution in [2.75, 3.05) is 18.2 Å². The van der Waals surface area contributed by atoms with Crippen molar-refractivity contribution in [1.29, 1.82) is 0 Å². The molecule has 0 aliphatic rings. The van der Waals surface area contributed by atoms with Crippen LogP contribution in [0.15, 0.2) is 53.7 Å². The molecule has 0 fully saturated rings. The van der Waals surface area contributed by atoms with Crippen LogP contribution in [-0.4, -0.2) is 39.4 Å². The van der Waals surface area contributed by atoms with Crippen molar-refractivity contribution in [1.82, 2.24) is 20.1 Å². The van der Waals surface area contributed by atoms with Crippen molar-refractivity contribution in [3.8, 4) is 5.75 Å². The van der Waals surface area contributed by atoms with E-state index in [1.54, 1.807) is 31.4 Å². The second-order valence-corrected chi connectivity index (χ2v) is 9.30. The van der Waals surface area contributed by atoms with Gasteiger partial charge in [-0.15, -0.1) is 10.2 Å². The van der Waals surface area contributed by atoms with Gasteiger partial charge in [0.2, 0.25) is 5.91 Å². The monoisotopic (exact) mass is 495 g/mol. The molecule has 1 aromatic heterocycles. The van der Waals surface area contributed by atoms with Crippen molar-refractivity contribution >= 4 is 29.3 Å². The fraction of sp³-hybridized carbons (Fsp3) is 0.385. The first-order valence-electron chi connectivity index (χ1n) is 11.8. The minimum atomic E-state index is -0.336. The van der Waals surface area contributed by atoms with E-state index in [-0.39, 0.29) is 29.5 Å². The van der Waals surface area contributed by atoms with Crippen LogP contribution < -0.4 is 15.4 Å². The summed E-state index contributed by atoms with van der Waals surface area (Å²) < 4.78 is 7.13. The Balaban J connectivity index is 1.71. The number of nitrogens with zero attached hydrogens (tertiary/aromatic N) is 3. The molecule has 0 saturated carbocycles. The Morgan fingerprint density at radius 1 is 1.06 bits per heavy atom. The van der Waals surface area contributed by atoms with Crippen LogP contribution in [0, 0.1) is 5.92 Å². The average molecular weight is 496 g/mol. The van der Waals surface area contributed by atoms with Gasteiger partial charge in [0.15, 0.2) is 11.0 Å². The van der Waals surface area contributed by atoms with Crippen LogP contribution in [-0.2, 0) is 17.8 Å². The molecule has 9 heteroatoms. The van der Waals surface area contributed by atoms with Gasteiger partial charge in [-0.2, -0.15) is 0 Å². The van der Waals surface area contributed by atoms with E-state index in [1.807, 2.05) is 49.6 Å². The Labute approximate surface area is 210 Å². The molecule has 3 rings (SSSR count). The number of carbonyl (C=O) groups is 2. The van der Waals surface area contributed by atoms with E-state index in [9.17, 15) is 9.59 Å². The number of anilines is 1. The molecule has 0 saturated heterocycles. The Hall–Kier alpha value is -3.33. The van der Waals surface area contributed by atoms with Gasteiger partial charge in [-0.1, -0.05) is 50.7 Å². The lowest BCUT2D eigenvalue weighted by molar-refractivity contribution is -0.113. The van der Waals surface area contributed by atoms with Gasteiger partial charge in [0.05, 0.1) is 18.9 Å². The van der Waals surface area contributed by atoms with Crippen LogP contribution in [0.3, 0.4) is 0 Å². The number of nitrogens with one attached hydrogen (secondary N) is 2. The van der Waals surface area contributed by atoms with Crippen molar-refractivity contribution in [2.24, 2.45) is 5.92 Å². The molecule has 1 atom stereocenters. The van der Waals surface area contributed by atoms with Gasteiger partial charge in [0.1, 0.15) is 5.75 Å². The van der Waals surface area contributed by atoms with E-state index >= 15 is 0 Å². The minimum Gasteiger partial charge on any atom is -0.497 e. The number of thioether (sulfide) groups is 1. The van der Waals surface area contributed by atoms with E-state index in [0.29, 0.717) is 28.8 Å². The molecular weight excluding hydrogens is 462 g/mol. The van der Waals surface area contributed by atoms with Gasteiger partial charge in [-0.25, -0.2) is 0 Å². The highest BCUT2D eigenvalue weighted by Gasteiger charge is 2.26. The second-order valence-electron chi connectivity index (χ2n) is 8.36. The summed E-state index contributed by atoms with van der Waals surface area (Å²) in [5.74, 6) is 1.36. The summed E-state index contributed by atoms with van der Waals surface area (Å²) in [5, 5.41) is 15.5. The third kappa shape index (κ3) is 6.63. The number of amides is 2. The molecule has 35 heavy (non-hydrogen) atoms. The number of ether oxygens (including phenoxy) is 1. The molecular formula is C26H33N5O3S. The van der Waals surface area contributed by atoms with Gasteiger partial charge in [-0.05, 0) is 55.2 Å². The maximum absolute atomic E-state index is 12.9. The highest BCUT2D eigenvalue weighted by molar-refractivity contribution is 7.99. The molecule has 0 aliphatic heterocycles. The van der Waals surface area contributed by atoms with Crippen molar-refractivity contribution in [2.45, 2.75) is 51.9 Å². The molecule has 2 amide bonds. The first-order valence-corrected chi connectivity index (χ1v) is 12.7. The number of hydrogen-bond donors (Lipinski definition) is 2. The topological polar surface area (TPSA) is 98.1 Å². The summed E-state index contributed by atoms with van der Waals surface area (Å²) in [6.07, 6.45) is 0.843. The maximum atomic E-state index is 12.9. The summed E-state index contributed by atoms with van der Waals surface area (Å²) in [6.45, 7) is 8.73. The SMILES string of the molecule is CCc1ccccc1NC(=O)CSc1nnc(C(NC(=O)c2ccc(OC)cc2)C(C)C)n1CC. The number of rotatable bonds is 11. The third-order valence-corrected chi connectivity index (χ3v) is 6.62. The lowest BCUT2D eigenvalue weighted by Gasteiger charge is -2.22. The first-order chi connectivity index (χ1) is 16.9. The molecule has 0 bridgehead atoms. The zero-order valence-corrected chi connectivity index (χ0v) is 21.7. The first kappa shape index (κ1) is 26.3. The van der Waals surface area contributed by atoms with E-state index in [0.717, 1.165) is 17.7 Å². The summed E-state index contributed by atoms with van der Waals surface area (Å²) in [7, 11) is 1.59. The number of benzene rings is 2. The highest BCUT2D eigenvalue weighted by Crippen LogP contribution is 2.26. The molecule has 8 nitrogen and oxygen atoms in total. The molecule has 2 N–H and O–H groups in total. The molecule has 0 spiro atoms. The van der Waals surface area contributed by atoms with Gasteiger partial charge in [0, 0.05) is 17.8 Å². The largest absolute Gasteiger partial charge is 0.497 e. The molecule has 1 unspecified atom stereocenters. The predicted molar refractivity (Wildman–Crippen MR) is 139 cm³/mol. The Morgan fingerprint density at radius 3 is 2.40 bits per heavy atom. The van der Waals surface area contributed by atoms with Crippen molar-refractivity contribution in [3.63, 3.8) is 0 Å². The summed E-state index contributed by atoms with van der Waals surface area (Å²) >= 11 is 1.33. The number of methoxy groups -OCH3 is 1. The average Bonchev–Trinajstić information content (AvgIpc) is 3.28. The van der Waals surface area contributed by atoms with Gasteiger partial charge < -0.3 is 19.9 Å². The maximum Gasteiger partial charge on any atom is 0.251 e. The smallest absolute Gasteiger partial charge is 0.251 e. The fourth-order valence-corrected chi connectivity index (χ4v) is 4.51. The third-order valence-electron chi connectivity index (χ3n) is 5.65. The number of carbonyl (C=O) groups excluding carboxylic acids is 2. The van der Waals surface area contributed by atoms with Crippen LogP contribution in [0.4, 0.5) is 5.69 Å². The van der Waals surface area contributed by atoms with E-state index < -0.39 is 0 Å². The Kier molecular flexibility index (Phi) is 9.31. The van der Waals surface area contributed by atoms with Crippen LogP contribution >= 0.6 is 11.8 Å². The predicted octanol–water partition coefficient (Wildman–Crippen LogP) is 4.73. The molecule has 0 aliphatic carbocycles. The Bertz CT molecular complexity index is 1140. The van der Waals surface area contributed by atoms with Gasteiger partial charge in [0.25, 0.3) is 5.91 Å². The van der Waals surface area contributed by atoms with Crippen LogP contribution in [0.5, 0.6) is 5.75 Å². The van der Waals surface area contributed by atoms with Gasteiger partial charge in [-0.3, -0.25) is 9.59 Å². The van der Waals surface area contributed by atoms with Crippen LogP contribution in [0.1, 0.15) is 55.5 Å². The number of hydrogen-bond acceptors (Lipinski definition) is 6. The highest BCUT2D eigenvalue weighted by atomic mass is 32.2. The lowest BCUT2D eigenvalue weighted by atomic mass is 10.0. The van der Waals surface area contributed by atoms with Crippen molar-refractivity contribution < 1.29 is 14.3 Å². The molecule has 2 aromatic carbocycles. The quantitative estimate of drug-likeness (QED) is 0.373. The second kappa shape index (κ2) is 12.4. The Morgan fingerprint density at radius 2 is 1.77 bits per heavy atom. The van der Waals surface area contributed by atoms with E-state index in [1.165, 1.54) is 11.8 Å². The normalized spacial score (nSPS) is 11.8. The van der Waals surface area contributed by atoms with E-state index in [2.05, 4.69) is 27.8 Å². The van der Waals surface area contributed by atoms with Crippen molar-refractivity contribution in [3.05, 3.63) is 65.5 Å². The summed E-state index contributed by atoms with van der Waals surface area (Å²) in [5.41, 5.74) is 2.47. The molecule has 186 valence electrons. The molecule has 1 heterocycles. The molecule has 3 aromatic rings. The van der Waals surface area contributed by atoms with Gasteiger partial charge >= 0.3 is 0 Å². The zero-order chi connectivity index (χ0) is 25.4. The summed E-state index contributed by atoms with van der Waals surface area (Å²) in [6, 6.07) is 14.4. The molecule has 0 radical (unpaired) electrons. The van der Waals surface area contributed by atoms with Crippen LogP contribution in [0.2, 0.25) is 0 Å². The lowest BCUT2D eigenvalue weighted by Crippen LogP contribution is -2.33. The fourth-order valence-electron chi connectivity index (χ4n) is 3.70. The van der Waals surface area contributed by atoms with E-state index in [4.69, 9.17) is 4.74 Å². The zero-order valence-electron chi connectivity index (χ0n) is 20.9. The number of para-hydroxylation sites is 1. The summed E-state index contributed by atoms with van der Waals surface area (Å²) in [4.78, 5) is 25.5. The minimum absolute atomic E-state index is 0.0818. The van der Waals surface area contributed by atoms with Crippen LogP contribution in [0.25, 0.3) is 0 Å².